The van der Waals surface area contributed by atoms with E-state index in [-0.39, 0.29) is 6.61 Å². The van der Waals surface area contributed by atoms with Crippen molar-refractivity contribution in [2.45, 2.75) is 32.6 Å². The van der Waals surface area contributed by atoms with Gasteiger partial charge >= 0.3 is 11.9 Å². The number of carbonyl (C=O) groups is 3. The molecule has 164 valence electrons. The predicted octanol–water partition coefficient (Wildman–Crippen LogP) is 5.31. The van der Waals surface area contributed by atoms with Crippen molar-refractivity contribution in [3.63, 3.8) is 0 Å². The molecule has 0 radical (unpaired) electrons. The van der Waals surface area contributed by atoms with E-state index < -0.39 is 24.5 Å². The Morgan fingerprint density at radius 1 is 1.13 bits per heavy atom. The number of benzene rings is 1. The summed E-state index contributed by atoms with van der Waals surface area (Å²) in [5.74, 6) is -1.66. The number of esters is 2. The fourth-order valence-electron chi connectivity index (χ4n) is 3.20. The summed E-state index contributed by atoms with van der Waals surface area (Å²) in [5, 5.41) is 3.92. The molecule has 0 spiro atoms. The average Bonchev–Trinajstić information content (AvgIpc) is 3.11. The van der Waals surface area contributed by atoms with E-state index in [1.165, 1.54) is 23.5 Å². The van der Waals surface area contributed by atoms with Crippen LogP contribution in [0, 0.1) is 0 Å². The summed E-state index contributed by atoms with van der Waals surface area (Å²) in [5.41, 5.74) is 2.03. The molecule has 0 bridgehead atoms. The molecule has 0 unspecified atom stereocenters. The first-order chi connectivity index (χ1) is 14.9. The molecule has 1 aromatic heterocycles. The van der Waals surface area contributed by atoms with Crippen molar-refractivity contribution < 1.29 is 23.9 Å². The lowest BCUT2D eigenvalue weighted by Crippen LogP contribution is -2.21. The van der Waals surface area contributed by atoms with Crippen LogP contribution in [0.1, 0.15) is 46.1 Å². The number of hydrogen-bond acceptors (Lipinski definition) is 6. The second-order valence-corrected chi connectivity index (χ2v) is 8.72. The molecule has 1 heterocycles. The fraction of sp³-hybridized carbons (Fsp3) is 0.318. The summed E-state index contributed by atoms with van der Waals surface area (Å²) in [4.78, 5) is 37.8. The van der Waals surface area contributed by atoms with Crippen LogP contribution in [0.5, 0.6) is 0 Å². The first kappa shape index (κ1) is 23.3. The molecule has 1 N–H and O–H groups in total. The number of aryl methyl sites for hydroxylation is 1. The molecule has 0 fully saturated rings. The van der Waals surface area contributed by atoms with E-state index in [1.807, 2.05) is 0 Å². The van der Waals surface area contributed by atoms with Gasteiger partial charge in [0, 0.05) is 11.0 Å². The molecule has 9 heteroatoms. The summed E-state index contributed by atoms with van der Waals surface area (Å²) >= 11 is 13.2. The third kappa shape index (κ3) is 6.09. The zero-order valence-corrected chi connectivity index (χ0v) is 19.2. The molecule has 0 saturated heterocycles. The van der Waals surface area contributed by atoms with Crippen LogP contribution in [0.4, 0.5) is 5.00 Å². The first-order valence-electron chi connectivity index (χ1n) is 9.80. The Balaban J connectivity index is 1.61. The summed E-state index contributed by atoms with van der Waals surface area (Å²) < 4.78 is 10.2. The first-order valence-corrected chi connectivity index (χ1v) is 11.4. The number of anilines is 1. The van der Waals surface area contributed by atoms with Crippen molar-refractivity contribution in [2.75, 3.05) is 18.5 Å². The van der Waals surface area contributed by atoms with Gasteiger partial charge in [0.05, 0.1) is 22.2 Å². The fourth-order valence-corrected chi connectivity index (χ4v) is 4.80. The minimum Gasteiger partial charge on any atom is -0.462 e. The third-order valence-electron chi connectivity index (χ3n) is 4.60. The quantitative estimate of drug-likeness (QED) is 0.428. The monoisotopic (exact) mass is 481 g/mol. The molecule has 0 aliphatic heterocycles. The molecule has 1 aliphatic carbocycles. The lowest BCUT2D eigenvalue weighted by atomic mass is 9.95. The molecule has 3 rings (SSSR count). The van der Waals surface area contributed by atoms with Crippen molar-refractivity contribution >= 4 is 63.5 Å². The molecule has 31 heavy (non-hydrogen) atoms. The second kappa shape index (κ2) is 10.8. The van der Waals surface area contributed by atoms with Crippen molar-refractivity contribution in [1.29, 1.82) is 0 Å². The largest absolute Gasteiger partial charge is 0.462 e. The zero-order chi connectivity index (χ0) is 22.4. The molecule has 0 atom stereocenters. The normalized spacial score (nSPS) is 13.0. The third-order valence-corrected chi connectivity index (χ3v) is 6.55. The number of rotatable bonds is 7. The number of amides is 1. The van der Waals surface area contributed by atoms with Crippen LogP contribution < -0.4 is 5.32 Å². The van der Waals surface area contributed by atoms with E-state index in [2.05, 4.69) is 5.32 Å². The van der Waals surface area contributed by atoms with Gasteiger partial charge < -0.3 is 14.8 Å². The molecule has 2 aromatic rings. The maximum absolute atomic E-state index is 12.4. The van der Waals surface area contributed by atoms with E-state index in [0.717, 1.165) is 36.1 Å². The van der Waals surface area contributed by atoms with Crippen molar-refractivity contribution in [2.24, 2.45) is 0 Å². The predicted molar refractivity (Wildman–Crippen MR) is 122 cm³/mol. The van der Waals surface area contributed by atoms with Crippen LogP contribution in [0.25, 0.3) is 6.08 Å². The minimum absolute atomic E-state index is 0.250. The highest BCUT2D eigenvalue weighted by atomic mass is 35.5. The Morgan fingerprint density at radius 3 is 2.65 bits per heavy atom. The van der Waals surface area contributed by atoms with Gasteiger partial charge in [-0.3, -0.25) is 4.79 Å². The van der Waals surface area contributed by atoms with Gasteiger partial charge in [0.25, 0.3) is 5.91 Å². The molecule has 1 amide bonds. The van der Waals surface area contributed by atoms with Crippen molar-refractivity contribution in [3.8, 4) is 0 Å². The van der Waals surface area contributed by atoms with Gasteiger partial charge in [-0.25, -0.2) is 9.59 Å². The SMILES string of the molecule is CCOC(=O)c1c(NC(=O)COC(=O)/C=C/c2ccc(Cl)c(Cl)c2)sc2c1CCCC2. The molecule has 0 saturated carbocycles. The molecular formula is C22H21Cl2NO5S. The van der Waals surface area contributed by atoms with Gasteiger partial charge in [0.1, 0.15) is 5.00 Å². The van der Waals surface area contributed by atoms with Gasteiger partial charge in [0.15, 0.2) is 6.61 Å². The Bertz CT molecular complexity index is 1030. The van der Waals surface area contributed by atoms with Gasteiger partial charge in [0.2, 0.25) is 0 Å². The summed E-state index contributed by atoms with van der Waals surface area (Å²) in [7, 11) is 0. The van der Waals surface area contributed by atoms with Crippen LogP contribution in [-0.2, 0) is 31.9 Å². The Morgan fingerprint density at radius 2 is 1.90 bits per heavy atom. The summed E-state index contributed by atoms with van der Waals surface area (Å²) in [6.45, 7) is 1.51. The topological polar surface area (TPSA) is 81.7 Å². The van der Waals surface area contributed by atoms with Crippen LogP contribution >= 0.6 is 34.5 Å². The molecule has 6 nitrogen and oxygen atoms in total. The average molecular weight is 482 g/mol. The highest BCUT2D eigenvalue weighted by Gasteiger charge is 2.27. The molecule has 1 aliphatic rings. The Labute approximate surface area is 194 Å². The number of hydrogen-bond donors (Lipinski definition) is 1. The van der Waals surface area contributed by atoms with E-state index in [4.69, 9.17) is 32.7 Å². The van der Waals surface area contributed by atoms with E-state index in [0.29, 0.717) is 26.2 Å². The zero-order valence-electron chi connectivity index (χ0n) is 16.8. The van der Waals surface area contributed by atoms with Gasteiger partial charge in [-0.15, -0.1) is 11.3 Å². The number of halogens is 2. The van der Waals surface area contributed by atoms with Crippen LogP contribution in [0.15, 0.2) is 24.3 Å². The van der Waals surface area contributed by atoms with E-state index in [1.54, 1.807) is 25.1 Å². The highest BCUT2D eigenvalue weighted by Crippen LogP contribution is 2.38. The van der Waals surface area contributed by atoms with Crippen molar-refractivity contribution in [3.05, 3.63) is 55.9 Å². The van der Waals surface area contributed by atoms with Crippen LogP contribution in [0.3, 0.4) is 0 Å². The van der Waals surface area contributed by atoms with E-state index >= 15 is 0 Å². The van der Waals surface area contributed by atoms with Crippen LogP contribution in [0.2, 0.25) is 10.0 Å². The lowest BCUT2D eigenvalue weighted by Gasteiger charge is -2.12. The number of carbonyl (C=O) groups excluding carboxylic acids is 3. The lowest BCUT2D eigenvalue weighted by molar-refractivity contribution is -0.142. The van der Waals surface area contributed by atoms with Gasteiger partial charge in [-0.2, -0.15) is 0 Å². The summed E-state index contributed by atoms with van der Waals surface area (Å²) in [6.07, 6.45) is 6.40. The number of nitrogens with one attached hydrogen (secondary N) is 1. The maximum atomic E-state index is 12.4. The van der Waals surface area contributed by atoms with E-state index in [9.17, 15) is 14.4 Å². The summed E-state index contributed by atoms with van der Waals surface area (Å²) in [6, 6.07) is 4.92. The Hall–Kier alpha value is -2.35. The van der Waals surface area contributed by atoms with Gasteiger partial charge in [-0.1, -0.05) is 29.3 Å². The maximum Gasteiger partial charge on any atom is 0.341 e. The molecule has 1 aromatic carbocycles. The van der Waals surface area contributed by atoms with Crippen molar-refractivity contribution in [1.82, 2.24) is 0 Å². The number of ether oxygens (including phenoxy) is 2. The van der Waals surface area contributed by atoms with Gasteiger partial charge in [-0.05, 0) is 61.9 Å². The molecular weight excluding hydrogens is 461 g/mol. The smallest absolute Gasteiger partial charge is 0.341 e. The number of thiophene rings is 1. The highest BCUT2D eigenvalue weighted by molar-refractivity contribution is 7.17. The van der Waals surface area contributed by atoms with Crippen LogP contribution in [-0.4, -0.2) is 31.1 Å². The second-order valence-electron chi connectivity index (χ2n) is 6.80. The standard InChI is InChI=1S/C22H21Cl2NO5S/c1-2-29-22(28)20-14-5-3-4-6-17(14)31-21(20)25-18(26)12-30-19(27)10-8-13-7-9-15(23)16(24)11-13/h7-11H,2-6,12H2,1H3,(H,25,26)/b10-8+. The Kier molecular flexibility index (Phi) is 8.12. The number of fused-ring (bicyclic) bond motifs is 1. The minimum atomic E-state index is -0.683.